The standard InChI is InChI=1S/C18H20N6O3/c1-21-10-20-16-15(21)17(26)24(18(27)22(16)2)9-14(25)23-8-4-5-11-12(19)6-3-7-13(11)23/h3,6-7,10H,4-5,8-9,19H2,1-2H3. The van der Waals surface area contributed by atoms with Crippen LogP contribution in [0.3, 0.4) is 0 Å². The summed E-state index contributed by atoms with van der Waals surface area (Å²) < 4.78 is 3.80. The zero-order chi connectivity index (χ0) is 19.3. The number of benzene rings is 1. The van der Waals surface area contributed by atoms with Crippen molar-refractivity contribution >= 4 is 28.4 Å². The van der Waals surface area contributed by atoms with E-state index in [9.17, 15) is 14.4 Å². The molecule has 1 aromatic carbocycles. The summed E-state index contributed by atoms with van der Waals surface area (Å²) in [5.41, 5.74) is 7.86. The first kappa shape index (κ1) is 17.1. The number of nitrogens with zero attached hydrogens (tertiary/aromatic N) is 5. The Labute approximate surface area is 154 Å². The minimum Gasteiger partial charge on any atom is -0.398 e. The highest BCUT2D eigenvalue weighted by Gasteiger charge is 2.25. The van der Waals surface area contributed by atoms with Gasteiger partial charge in [0.1, 0.15) is 6.54 Å². The Balaban J connectivity index is 1.77. The van der Waals surface area contributed by atoms with Gasteiger partial charge in [0.15, 0.2) is 11.2 Å². The number of nitrogen functional groups attached to an aromatic ring is 1. The Morgan fingerprint density at radius 3 is 2.81 bits per heavy atom. The average molecular weight is 368 g/mol. The molecule has 9 nitrogen and oxygen atoms in total. The van der Waals surface area contributed by atoms with E-state index >= 15 is 0 Å². The summed E-state index contributed by atoms with van der Waals surface area (Å²) in [6.07, 6.45) is 3.05. The molecule has 0 atom stereocenters. The van der Waals surface area contributed by atoms with Gasteiger partial charge in [-0.2, -0.15) is 0 Å². The number of rotatable bonds is 2. The van der Waals surface area contributed by atoms with Crippen molar-refractivity contribution < 1.29 is 4.79 Å². The first-order valence-electron chi connectivity index (χ1n) is 8.68. The fourth-order valence-corrected chi connectivity index (χ4v) is 3.67. The van der Waals surface area contributed by atoms with E-state index in [-0.39, 0.29) is 18.0 Å². The molecule has 2 N–H and O–H groups in total. The van der Waals surface area contributed by atoms with Gasteiger partial charge in [0.05, 0.1) is 6.33 Å². The summed E-state index contributed by atoms with van der Waals surface area (Å²) in [5.74, 6) is -0.317. The predicted molar refractivity (Wildman–Crippen MR) is 102 cm³/mol. The molecule has 4 rings (SSSR count). The Kier molecular flexibility index (Phi) is 3.87. The molecule has 0 bridgehead atoms. The van der Waals surface area contributed by atoms with E-state index in [0.717, 1.165) is 28.7 Å². The number of carbonyl (C=O) groups is 1. The monoisotopic (exact) mass is 368 g/mol. The summed E-state index contributed by atoms with van der Waals surface area (Å²) >= 11 is 0. The van der Waals surface area contributed by atoms with Crippen LogP contribution in [0.1, 0.15) is 12.0 Å². The van der Waals surface area contributed by atoms with Crippen LogP contribution in [0.5, 0.6) is 0 Å². The minimum absolute atomic E-state index is 0.285. The van der Waals surface area contributed by atoms with Crippen LogP contribution in [0.15, 0.2) is 34.1 Å². The van der Waals surface area contributed by atoms with Crippen molar-refractivity contribution in [1.29, 1.82) is 0 Å². The predicted octanol–water partition coefficient (Wildman–Crippen LogP) is -0.00470. The molecule has 0 fully saturated rings. The molecule has 0 aliphatic carbocycles. The van der Waals surface area contributed by atoms with Gasteiger partial charge in [0.2, 0.25) is 5.91 Å². The second-order valence-corrected chi connectivity index (χ2v) is 6.75. The molecule has 3 aromatic rings. The Morgan fingerprint density at radius 2 is 2.04 bits per heavy atom. The maximum absolute atomic E-state index is 13.0. The van der Waals surface area contributed by atoms with Gasteiger partial charge in [0, 0.05) is 32.0 Å². The third-order valence-corrected chi connectivity index (χ3v) is 5.08. The number of carbonyl (C=O) groups excluding carboxylic acids is 1. The molecule has 0 unspecified atom stereocenters. The summed E-state index contributed by atoms with van der Waals surface area (Å²) in [6.45, 7) is 0.194. The van der Waals surface area contributed by atoms with Crippen LogP contribution >= 0.6 is 0 Å². The van der Waals surface area contributed by atoms with E-state index < -0.39 is 11.2 Å². The van der Waals surface area contributed by atoms with Crippen molar-refractivity contribution in [2.75, 3.05) is 17.2 Å². The summed E-state index contributed by atoms with van der Waals surface area (Å²) in [7, 11) is 3.21. The highest BCUT2D eigenvalue weighted by atomic mass is 16.2. The van der Waals surface area contributed by atoms with Crippen LogP contribution in [0.25, 0.3) is 11.2 Å². The molecule has 1 aliphatic rings. The lowest BCUT2D eigenvalue weighted by Crippen LogP contribution is -2.45. The molecule has 27 heavy (non-hydrogen) atoms. The van der Waals surface area contributed by atoms with E-state index in [0.29, 0.717) is 17.9 Å². The smallest absolute Gasteiger partial charge is 0.332 e. The number of hydrogen-bond acceptors (Lipinski definition) is 5. The van der Waals surface area contributed by atoms with E-state index in [1.165, 1.54) is 17.9 Å². The van der Waals surface area contributed by atoms with E-state index in [1.807, 2.05) is 12.1 Å². The van der Waals surface area contributed by atoms with Crippen LogP contribution in [-0.4, -0.2) is 31.1 Å². The number of aryl methyl sites for hydroxylation is 2. The van der Waals surface area contributed by atoms with Crippen molar-refractivity contribution in [2.45, 2.75) is 19.4 Å². The van der Waals surface area contributed by atoms with E-state index in [4.69, 9.17) is 5.73 Å². The number of nitrogens with two attached hydrogens (primary N) is 1. The normalized spacial score (nSPS) is 13.8. The highest BCUT2D eigenvalue weighted by Crippen LogP contribution is 2.31. The lowest BCUT2D eigenvalue weighted by molar-refractivity contribution is -0.119. The highest BCUT2D eigenvalue weighted by molar-refractivity contribution is 5.95. The zero-order valence-electron chi connectivity index (χ0n) is 15.2. The zero-order valence-corrected chi connectivity index (χ0v) is 15.2. The molecule has 0 saturated heterocycles. The lowest BCUT2D eigenvalue weighted by atomic mass is 10.00. The molecular weight excluding hydrogens is 348 g/mol. The maximum Gasteiger partial charge on any atom is 0.332 e. The summed E-state index contributed by atoms with van der Waals surface area (Å²) in [6, 6.07) is 5.45. The first-order chi connectivity index (χ1) is 12.9. The molecule has 2 aromatic heterocycles. The van der Waals surface area contributed by atoms with Crippen LogP contribution < -0.4 is 21.9 Å². The van der Waals surface area contributed by atoms with Gasteiger partial charge in [0.25, 0.3) is 5.56 Å². The molecule has 0 radical (unpaired) electrons. The summed E-state index contributed by atoms with van der Waals surface area (Å²) in [4.78, 5) is 44.1. The fourth-order valence-electron chi connectivity index (χ4n) is 3.67. The van der Waals surface area contributed by atoms with Crippen molar-refractivity contribution in [3.05, 3.63) is 50.9 Å². The average Bonchev–Trinajstić information content (AvgIpc) is 3.05. The van der Waals surface area contributed by atoms with Gasteiger partial charge >= 0.3 is 5.69 Å². The Bertz CT molecular complexity index is 1190. The molecule has 0 saturated carbocycles. The van der Waals surface area contributed by atoms with Gasteiger partial charge in [-0.1, -0.05) is 6.07 Å². The van der Waals surface area contributed by atoms with Crippen LogP contribution in [0.4, 0.5) is 11.4 Å². The number of amides is 1. The Morgan fingerprint density at radius 1 is 1.26 bits per heavy atom. The molecule has 140 valence electrons. The second-order valence-electron chi connectivity index (χ2n) is 6.75. The number of aromatic nitrogens is 4. The van der Waals surface area contributed by atoms with E-state index in [1.54, 1.807) is 22.6 Å². The lowest BCUT2D eigenvalue weighted by Gasteiger charge is -2.30. The first-order valence-corrected chi connectivity index (χ1v) is 8.68. The molecule has 1 aliphatic heterocycles. The van der Waals surface area contributed by atoms with Gasteiger partial charge in [-0.3, -0.25) is 14.2 Å². The van der Waals surface area contributed by atoms with Crippen molar-refractivity contribution in [3.8, 4) is 0 Å². The molecule has 9 heteroatoms. The van der Waals surface area contributed by atoms with Crippen LogP contribution in [0, 0.1) is 0 Å². The van der Waals surface area contributed by atoms with Gasteiger partial charge < -0.3 is 15.2 Å². The Hall–Kier alpha value is -3.36. The van der Waals surface area contributed by atoms with Gasteiger partial charge in [-0.05, 0) is 30.5 Å². The second kappa shape index (κ2) is 6.11. The maximum atomic E-state index is 13.0. The third kappa shape index (κ3) is 2.54. The minimum atomic E-state index is -0.565. The van der Waals surface area contributed by atoms with Crippen LogP contribution in [0.2, 0.25) is 0 Å². The SMILES string of the molecule is Cn1cnc2c1c(=O)n(CC(=O)N1CCCc3c(N)cccc31)c(=O)n2C. The van der Waals surface area contributed by atoms with Gasteiger partial charge in [-0.15, -0.1) is 0 Å². The number of hydrogen-bond donors (Lipinski definition) is 1. The van der Waals surface area contributed by atoms with Crippen LogP contribution in [-0.2, 0) is 31.9 Å². The molecular formula is C18H20N6O3. The molecule has 0 spiro atoms. The van der Waals surface area contributed by atoms with Gasteiger partial charge in [-0.25, -0.2) is 14.3 Å². The number of imidazole rings is 1. The van der Waals surface area contributed by atoms with E-state index in [2.05, 4.69) is 4.98 Å². The quantitative estimate of drug-likeness (QED) is 0.641. The topological polar surface area (TPSA) is 108 Å². The molecule has 1 amide bonds. The van der Waals surface area contributed by atoms with Crippen molar-refractivity contribution in [1.82, 2.24) is 18.7 Å². The van der Waals surface area contributed by atoms with Crippen molar-refractivity contribution in [2.24, 2.45) is 14.1 Å². The number of fused-ring (bicyclic) bond motifs is 2. The fraction of sp³-hybridized carbons (Fsp3) is 0.333. The number of anilines is 2. The third-order valence-electron chi connectivity index (χ3n) is 5.08. The van der Waals surface area contributed by atoms with Crippen molar-refractivity contribution in [3.63, 3.8) is 0 Å². The largest absolute Gasteiger partial charge is 0.398 e. The summed E-state index contributed by atoms with van der Waals surface area (Å²) in [5, 5.41) is 0. The molecule has 3 heterocycles.